The van der Waals surface area contributed by atoms with Gasteiger partial charge in [0.15, 0.2) is 11.8 Å². The monoisotopic (exact) mass is 425 g/mol. The summed E-state index contributed by atoms with van der Waals surface area (Å²) in [5, 5.41) is 10.3. The SMILES string of the molecule is CN=C(NCCCc1ccc(Br)cc1F)NCc1noc(C(C)(C)C)n1. The maximum atomic E-state index is 13.8. The number of benzene rings is 1. The molecular formula is C18H25BrFN5O. The van der Waals surface area contributed by atoms with E-state index in [2.05, 4.69) is 41.7 Å². The Bertz CT molecular complexity index is 754. The number of nitrogens with zero attached hydrogens (tertiary/aromatic N) is 3. The molecule has 1 aromatic carbocycles. The van der Waals surface area contributed by atoms with Gasteiger partial charge in [0, 0.05) is 23.5 Å². The van der Waals surface area contributed by atoms with Crippen molar-refractivity contribution in [2.75, 3.05) is 13.6 Å². The van der Waals surface area contributed by atoms with Gasteiger partial charge in [-0.2, -0.15) is 4.98 Å². The molecule has 0 amide bonds. The van der Waals surface area contributed by atoms with Crippen LogP contribution in [0.25, 0.3) is 0 Å². The normalized spacial score (nSPS) is 12.3. The van der Waals surface area contributed by atoms with Crippen LogP contribution in [0, 0.1) is 5.82 Å². The Kier molecular flexibility index (Phi) is 7.14. The molecule has 142 valence electrons. The second-order valence-electron chi connectivity index (χ2n) is 6.96. The number of halogens is 2. The summed E-state index contributed by atoms with van der Waals surface area (Å²) in [6.07, 6.45) is 1.44. The molecule has 1 aromatic heterocycles. The summed E-state index contributed by atoms with van der Waals surface area (Å²) in [6.45, 7) is 7.15. The average Bonchev–Trinajstić information content (AvgIpc) is 3.05. The van der Waals surface area contributed by atoms with Gasteiger partial charge in [-0.15, -0.1) is 0 Å². The number of aryl methyl sites for hydroxylation is 1. The Balaban J connectivity index is 1.75. The van der Waals surface area contributed by atoms with E-state index >= 15 is 0 Å². The highest BCUT2D eigenvalue weighted by molar-refractivity contribution is 9.10. The van der Waals surface area contributed by atoms with E-state index in [0.717, 1.165) is 10.9 Å². The van der Waals surface area contributed by atoms with E-state index in [9.17, 15) is 4.39 Å². The number of hydrogen-bond donors (Lipinski definition) is 2. The van der Waals surface area contributed by atoms with E-state index in [-0.39, 0.29) is 11.2 Å². The number of aliphatic imine (C=N–C) groups is 1. The fraction of sp³-hybridized carbons (Fsp3) is 0.500. The fourth-order valence-electron chi connectivity index (χ4n) is 2.22. The summed E-state index contributed by atoms with van der Waals surface area (Å²) in [6, 6.07) is 5.14. The van der Waals surface area contributed by atoms with Crippen molar-refractivity contribution in [2.24, 2.45) is 4.99 Å². The number of nitrogens with one attached hydrogen (secondary N) is 2. The topological polar surface area (TPSA) is 75.3 Å². The van der Waals surface area contributed by atoms with Crippen molar-refractivity contribution in [1.29, 1.82) is 0 Å². The molecule has 26 heavy (non-hydrogen) atoms. The van der Waals surface area contributed by atoms with Crippen molar-refractivity contribution >= 4 is 21.9 Å². The molecule has 0 fully saturated rings. The Hall–Kier alpha value is -1.96. The first-order chi connectivity index (χ1) is 12.3. The standard InChI is InChI=1S/C18H25BrFN5O/c1-18(2,3)16-24-15(25-26-16)11-23-17(21-4)22-9-5-6-12-7-8-13(19)10-14(12)20/h7-8,10H,5-6,9,11H2,1-4H3,(H2,21,22,23). The molecule has 0 bridgehead atoms. The van der Waals surface area contributed by atoms with Gasteiger partial charge in [0.2, 0.25) is 5.89 Å². The lowest BCUT2D eigenvalue weighted by atomic mass is 9.97. The van der Waals surface area contributed by atoms with Crippen LogP contribution in [0.4, 0.5) is 4.39 Å². The lowest BCUT2D eigenvalue weighted by Crippen LogP contribution is -2.37. The first-order valence-corrected chi connectivity index (χ1v) is 9.30. The van der Waals surface area contributed by atoms with Crippen LogP contribution in [0.5, 0.6) is 0 Å². The minimum atomic E-state index is -0.186. The second kappa shape index (κ2) is 9.12. The lowest BCUT2D eigenvalue weighted by molar-refractivity contribution is 0.318. The lowest BCUT2D eigenvalue weighted by Gasteiger charge is -2.11. The fourth-order valence-corrected chi connectivity index (χ4v) is 2.56. The van der Waals surface area contributed by atoms with Crippen LogP contribution in [0.2, 0.25) is 0 Å². The maximum Gasteiger partial charge on any atom is 0.232 e. The van der Waals surface area contributed by atoms with Gasteiger partial charge in [0.25, 0.3) is 0 Å². The predicted molar refractivity (Wildman–Crippen MR) is 104 cm³/mol. The highest BCUT2D eigenvalue weighted by Crippen LogP contribution is 2.19. The summed E-state index contributed by atoms with van der Waals surface area (Å²) < 4.78 is 19.8. The Morgan fingerprint density at radius 3 is 2.69 bits per heavy atom. The molecular weight excluding hydrogens is 401 g/mol. The molecule has 1 heterocycles. The largest absolute Gasteiger partial charge is 0.356 e. The van der Waals surface area contributed by atoms with Crippen molar-refractivity contribution in [2.45, 2.75) is 45.6 Å². The summed E-state index contributed by atoms with van der Waals surface area (Å²) in [7, 11) is 1.69. The van der Waals surface area contributed by atoms with Crippen molar-refractivity contribution in [3.63, 3.8) is 0 Å². The van der Waals surface area contributed by atoms with Crippen LogP contribution >= 0.6 is 15.9 Å². The summed E-state index contributed by atoms with van der Waals surface area (Å²) >= 11 is 3.26. The van der Waals surface area contributed by atoms with E-state index in [1.54, 1.807) is 13.1 Å². The van der Waals surface area contributed by atoms with E-state index in [4.69, 9.17) is 4.52 Å². The van der Waals surface area contributed by atoms with Crippen molar-refractivity contribution in [3.8, 4) is 0 Å². The van der Waals surface area contributed by atoms with Crippen LogP contribution in [-0.4, -0.2) is 29.7 Å². The first-order valence-electron chi connectivity index (χ1n) is 8.51. The zero-order valence-corrected chi connectivity index (χ0v) is 17.2. The van der Waals surface area contributed by atoms with Gasteiger partial charge in [-0.05, 0) is 30.5 Å². The van der Waals surface area contributed by atoms with Crippen molar-refractivity contribution < 1.29 is 8.91 Å². The van der Waals surface area contributed by atoms with Gasteiger partial charge in [-0.1, -0.05) is 47.9 Å². The molecule has 0 saturated heterocycles. The van der Waals surface area contributed by atoms with Gasteiger partial charge in [0.1, 0.15) is 5.82 Å². The predicted octanol–water partition coefficient (Wildman–Crippen LogP) is 3.57. The molecule has 8 heteroatoms. The zero-order valence-electron chi connectivity index (χ0n) is 15.6. The van der Waals surface area contributed by atoms with E-state index in [0.29, 0.717) is 42.7 Å². The number of aromatic nitrogens is 2. The van der Waals surface area contributed by atoms with Crippen LogP contribution in [0.3, 0.4) is 0 Å². The molecule has 0 aliphatic heterocycles. The Morgan fingerprint density at radius 2 is 2.08 bits per heavy atom. The molecule has 2 rings (SSSR count). The van der Waals surface area contributed by atoms with Gasteiger partial charge < -0.3 is 15.2 Å². The van der Waals surface area contributed by atoms with E-state index in [1.165, 1.54) is 6.07 Å². The molecule has 0 saturated carbocycles. The molecule has 0 aliphatic carbocycles. The van der Waals surface area contributed by atoms with E-state index < -0.39 is 0 Å². The van der Waals surface area contributed by atoms with Crippen LogP contribution in [0.15, 0.2) is 32.2 Å². The highest BCUT2D eigenvalue weighted by atomic mass is 79.9. The molecule has 6 nitrogen and oxygen atoms in total. The summed E-state index contributed by atoms with van der Waals surface area (Å²) in [5.41, 5.74) is 0.535. The number of rotatable bonds is 6. The van der Waals surface area contributed by atoms with E-state index in [1.807, 2.05) is 26.8 Å². The maximum absolute atomic E-state index is 13.8. The summed E-state index contributed by atoms with van der Waals surface area (Å²) in [4.78, 5) is 8.53. The van der Waals surface area contributed by atoms with Gasteiger partial charge in [0.05, 0.1) is 6.54 Å². The molecule has 0 aliphatic rings. The first kappa shape index (κ1) is 20.4. The Labute approximate surface area is 161 Å². The quantitative estimate of drug-likeness (QED) is 0.420. The van der Waals surface area contributed by atoms with Gasteiger partial charge in [-0.3, -0.25) is 4.99 Å². The second-order valence-corrected chi connectivity index (χ2v) is 7.87. The van der Waals surface area contributed by atoms with Crippen molar-refractivity contribution in [1.82, 2.24) is 20.8 Å². The van der Waals surface area contributed by atoms with Gasteiger partial charge >= 0.3 is 0 Å². The highest BCUT2D eigenvalue weighted by Gasteiger charge is 2.21. The third kappa shape index (κ3) is 6.09. The summed E-state index contributed by atoms with van der Waals surface area (Å²) in [5.74, 6) is 1.64. The van der Waals surface area contributed by atoms with Crippen LogP contribution < -0.4 is 10.6 Å². The third-order valence-corrected chi connectivity index (χ3v) is 4.17. The Morgan fingerprint density at radius 1 is 1.31 bits per heavy atom. The minimum Gasteiger partial charge on any atom is -0.356 e. The zero-order chi connectivity index (χ0) is 19.2. The van der Waals surface area contributed by atoms with Gasteiger partial charge in [-0.25, -0.2) is 4.39 Å². The average molecular weight is 426 g/mol. The minimum absolute atomic E-state index is 0.173. The number of guanidine groups is 1. The van der Waals surface area contributed by atoms with Crippen LogP contribution in [-0.2, 0) is 18.4 Å². The molecule has 0 atom stereocenters. The van der Waals surface area contributed by atoms with Crippen LogP contribution in [0.1, 0.15) is 44.5 Å². The molecule has 0 radical (unpaired) electrons. The number of hydrogen-bond acceptors (Lipinski definition) is 4. The smallest absolute Gasteiger partial charge is 0.232 e. The molecule has 2 aromatic rings. The molecule has 2 N–H and O–H groups in total. The van der Waals surface area contributed by atoms with Crippen molar-refractivity contribution in [3.05, 3.63) is 45.8 Å². The third-order valence-electron chi connectivity index (χ3n) is 3.68. The molecule has 0 spiro atoms. The molecule has 0 unspecified atom stereocenters.